The summed E-state index contributed by atoms with van der Waals surface area (Å²) in [5.74, 6) is -0.00130. The first kappa shape index (κ1) is 9.58. The molecule has 0 fully saturated rings. The van der Waals surface area contributed by atoms with E-state index in [0.29, 0.717) is 28.7 Å². The fourth-order valence-corrected chi connectivity index (χ4v) is 1.52. The summed E-state index contributed by atoms with van der Waals surface area (Å²) < 4.78 is 0. The highest BCUT2D eigenvalue weighted by Crippen LogP contribution is 2.22. The van der Waals surface area contributed by atoms with E-state index < -0.39 is 0 Å². The molecule has 4 heteroatoms. The lowest BCUT2D eigenvalue weighted by atomic mass is 10.0. The van der Waals surface area contributed by atoms with Gasteiger partial charge in [-0.15, -0.1) is 0 Å². The molecule has 2 N–H and O–H groups in total. The van der Waals surface area contributed by atoms with E-state index in [9.17, 15) is 4.79 Å². The number of Topliss-reactive ketones (excluding diaryl/α,β-unsaturated/α-hetero) is 1. The summed E-state index contributed by atoms with van der Waals surface area (Å²) in [7, 11) is 0. The summed E-state index contributed by atoms with van der Waals surface area (Å²) in [5, 5.41) is 0. The van der Waals surface area contributed by atoms with Crippen molar-refractivity contribution in [2.75, 3.05) is 5.73 Å². The smallest absolute Gasteiger partial charge is 0.166 e. The summed E-state index contributed by atoms with van der Waals surface area (Å²) in [5.41, 5.74) is 8.02. The zero-order valence-corrected chi connectivity index (χ0v) is 8.40. The SMILES string of the molecule is CCC(=O)c1c(N)ccc2nccnc12. The average molecular weight is 201 g/mol. The Bertz CT molecular complexity index is 522. The van der Waals surface area contributed by atoms with Crippen LogP contribution in [0, 0.1) is 0 Å². The van der Waals surface area contributed by atoms with Crippen LogP contribution < -0.4 is 5.73 Å². The number of fused-ring (bicyclic) bond motifs is 1. The predicted octanol–water partition coefficient (Wildman–Crippen LogP) is 1.80. The third kappa shape index (κ3) is 1.54. The first-order chi connectivity index (χ1) is 7.24. The number of nitrogens with zero attached hydrogens (tertiary/aromatic N) is 2. The summed E-state index contributed by atoms with van der Waals surface area (Å²) in [6.45, 7) is 1.80. The van der Waals surface area contributed by atoms with E-state index in [1.165, 1.54) is 0 Å². The van der Waals surface area contributed by atoms with Gasteiger partial charge in [-0.2, -0.15) is 0 Å². The Kier molecular flexibility index (Phi) is 2.33. The minimum Gasteiger partial charge on any atom is -0.398 e. The zero-order valence-electron chi connectivity index (χ0n) is 8.40. The van der Waals surface area contributed by atoms with E-state index in [1.54, 1.807) is 31.5 Å². The lowest BCUT2D eigenvalue weighted by Gasteiger charge is -2.05. The molecule has 0 amide bonds. The van der Waals surface area contributed by atoms with E-state index in [1.807, 2.05) is 0 Å². The molecule has 0 unspecified atom stereocenters. The molecule has 4 nitrogen and oxygen atoms in total. The van der Waals surface area contributed by atoms with Crippen molar-refractivity contribution in [3.05, 3.63) is 30.1 Å². The first-order valence-electron chi connectivity index (χ1n) is 4.76. The van der Waals surface area contributed by atoms with E-state index in [-0.39, 0.29) is 5.78 Å². The maximum atomic E-state index is 11.7. The molecule has 2 aromatic rings. The number of ketones is 1. The summed E-state index contributed by atoms with van der Waals surface area (Å²) in [4.78, 5) is 20.0. The van der Waals surface area contributed by atoms with Crippen LogP contribution in [-0.4, -0.2) is 15.8 Å². The number of aromatic nitrogens is 2. The van der Waals surface area contributed by atoms with E-state index in [0.717, 1.165) is 0 Å². The van der Waals surface area contributed by atoms with Gasteiger partial charge in [-0.3, -0.25) is 14.8 Å². The minimum atomic E-state index is -0.00130. The van der Waals surface area contributed by atoms with Gasteiger partial charge in [0.05, 0.1) is 11.1 Å². The average Bonchev–Trinajstić information content (AvgIpc) is 2.28. The molecule has 0 atom stereocenters. The van der Waals surface area contributed by atoms with Gasteiger partial charge >= 0.3 is 0 Å². The molecule has 0 radical (unpaired) electrons. The maximum Gasteiger partial charge on any atom is 0.166 e. The number of hydrogen-bond acceptors (Lipinski definition) is 4. The zero-order chi connectivity index (χ0) is 10.8. The third-order valence-electron chi connectivity index (χ3n) is 2.27. The van der Waals surface area contributed by atoms with Gasteiger partial charge in [0.2, 0.25) is 0 Å². The molecule has 0 bridgehead atoms. The van der Waals surface area contributed by atoms with Gasteiger partial charge in [0.25, 0.3) is 0 Å². The van der Waals surface area contributed by atoms with Gasteiger partial charge in [0.15, 0.2) is 5.78 Å². The van der Waals surface area contributed by atoms with Crippen molar-refractivity contribution in [3.63, 3.8) is 0 Å². The molecule has 1 aromatic heterocycles. The number of carbonyl (C=O) groups is 1. The fraction of sp³-hybridized carbons (Fsp3) is 0.182. The third-order valence-corrected chi connectivity index (χ3v) is 2.27. The molecule has 1 aromatic carbocycles. The Labute approximate surface area is 87.1 Å². The van der Waals surface area contributed by atoms with Gasteiger partial charge in [0.1, 0.15) is 5.52 Å². The Hall–Kier alpha value is -1.97. The number of nitrogen functional groups attached to an aromatic ring is 1. The van der Waals surface area contributed by atoms with Gasteiger partial charge in [-0.1, -0.05) is 6.92 Å². The fourth-order valence-electron chi connectivity index (χ4n) is 1.52. The first-order valence-corrected chi connectivity index (χ1v) is 4.76. The van der Waals surface area contributed by atoms with Crippen LogP contribution in [0.1, 0.15) is 23.7 Å². The van der Waals surface area contributed by atoms with E-state index in [2.05, 4.69) is 9.97 Å². The number of carbonyl (C=O) groups excluding carboxylic acids is 1. The van der Waals surface area contributed by atoms with Crippen LogP contribution in [0.4, 0.5) is 5.69 Å². The molecule has 0 spiro atoms. The normalized spacial score (nSPS) is 10.5. The minimum absolute atomic E-state index is 0.00130. The number of anilines is 1. The monoisotopic (exact) mass is 201 g/mol. The topological polar surface area (TPSA) is 68.9 Å². The Morgan fingerprint density at radius 1 is 1.33 bits per heavy atom. The lowest BCUT2D eigenvalue weighted by molar-refractivity contribution is 0.0990. The second-order valence-electron chi connectivity index (χ2n) is 3.23. The molecule has 0 aliphatic heterocycles. The van der Waals surface area contributed by atoms with Crippen molar-refractivity contribution < 1.29 is 4.79 Å². The van der Waals surface area contributed by atoms with Gasteiger partial charge < -0.3 is 5.73 Å². The van der Waals surface area contributed by atoms with Crippen LogP contribution in [0.5, 0.6) is 0 Å². The lowest BCUT2D eigenvalue weighted by Crippen LogP contribution is -2.04. The molecule has 2 rings (SSSR count). The largest absolute Gasteiger partial charge is 0.398 e. The van der Waals surface area contributed by atoms with Crippen LogP contribution in [0.25, 0.3) is 11.0 Å². The highest BCUT2D eigenvalue weighted by molar-refractivity contribution is 6.10. The second kappa shape index (κ2) is 3.65. The van der Waals surface area contributed by atoms with Crippen molar-refractivity contribution in [2.45, 2.75) is 13.3 Å². The Morgan fingerprint density at radius 2 is 2.07 bits per heavy atom. The highest BCUT2D eigenvalue weighted by Gasteiger charge is 2.13. The Morgan fingerprint density at radius 3 is 2.80 bits per heavy atom. The molecule has 0 aliphatic rings. The quantitative estimate of drug-likeness (QED) is 0.594. The summed E-state index contributed by atoms with van der Waals surface area (Å²) in [6.07, 6.45) is 3.58. The van der Waals surface area contributed by atoms with E-state index >= 15 is 0 Å². The van der Waals surface area contributed by atoms with Crippen LogP contribution >= 0.6 is 0 Å². The van der Waals surface area contributed by atoms with Gasteiger partial charge in [-0.25, -0.2) is 0 Å². The number of hydrogen-bond donors (Lipinski definition) is 1. The van der Waals surface area contributed by atoms with Crippen molar-refractivity contribution in [1.82, 2.24) is 9.97 Å². The predicted molar refractivity (Wildman–Crippen MR) is 58.6 cm³/mol. The van der Waals surface area contributed by atoms with Crippen LogP contribution in [0.15, 0.2) is 24.5 Å². The molecule has 1 heterocycles. The van der Waals surface area contributed by atoms with Crippen LogP contribution in [0.2, 0.25) is 0 Å². The second-order valence-corrected chi connectivity index (χ2v) is 3.23. The summed E-state index contributed by atoms with van der Waals surface area (Å²) in [6, 6.07) is 3.46. The van der Waals surface area contributed by atoms with Crippen molar-refractivity contribution in [3.8, 4) is 0 Å². The van der Waals surface area contributed by atoms with Crippen molar-refractivity contribution in [2.24, 2.45) is 0 Å². The molecule has 15 heavy (non-hydrogen) atoms. The molecular weight excluding hydrogens is 190 g/mol. The molecule has 0 saturated carbocycles. The standard InChI is InChI=1S/C11H11N3O/c1-2-9(15)10-7(12)3-4-8-11(10)14-6-5-13-8/h3-6H,2,12H2,1H3. The van der Waals surface area contributed by atoms with Crippen molar-refractivity contribution in [1.29, 1.82) is 0 Å². The summed E-state index contributed by atoms with van der Waals surface area (Å²) >= 11 is 0. The number of rotatable bonds is 2. The molecule has 0 aliphatic carbocycles. The van der Waals surface area contributed by atoms with Crippen LogP contribution in [0.3, 0.4) is 0 Å². The Balaban J connectivity index is 2.79. The molecule has 0 saturated heterocycles. The molecule has 76 valence electrons. The number of nitrogens with two attached hydrogens (primary N) is 1. The van der Waals surface area contributed by atoms with Crippen molar-refractivity contribution >= 4 is 22.5 Å². The van der Waals surface area contributed by atoms with Gasteiger partial charge in [0, 0.05) is 24.5 Å². The van der Waals surface area contributed by atoms with Gasteiger partial charge in [-0.05, 0) is 12.1 Å². The number of benzene rings is 1. The van der Waals surface area contributed by atoms with E-state index in [4.69, 9.17) is 5.73 Å². The molecular formula is C11H11N3O. The highest BCUT2D eigenvalue weighted by atomic mass is 16.1. The van der Waals surface area contributed by atoms with Crippen LogP contribution in [-0.2, 0) is 0 Å². The maximum absolute atomic E-state index is 11.7.